The van der Waals surface area contributed by atoms with Gasteiger partial charge in [-0.15, -0.1) is 0 Å². The number of rotatable bonds is 8. The molecule has 2 N–H and O–H groups in total. The first-order valence-corrected chi connectivity index (χ1v) is 10.3. The van der Waals surface area contributed by atoms with Gasteiger partial charge in [0, 0.05) is 12.2 Å². The first kappa shape index (κ1) is 21.6. The molecule has 1 unspecified atom stereocenters. The molecule has 30 heavy (non-hydrogen) atoms. The van der Waals surface area contributed by atoms with E-state index in [0.29, 0.717) is 25.4 Å². The molecular formula is C23H30N3O4+. The van der Waals surface area contributed by atoms with E-state index >= 15 is 0 Å². The number of nitrogens with zero attached hydrogens (tertiary/aromatic N) is 1. The van der Waals surface area contributed by atoms with Crippen LogP contribution in [0.4, 0.5) is 5.69 Å². The van der Waals surface area contributed by atoms with Crippen molar-refractivity contribution in [3.8, 4) is 11.5 Å². The van der Waals surface area contributed by atoms with Gasteiger partial charge in [0.05, 0.1) is 13.6 Å². The molecule has 1 aliphatic heterocycles. The van der Waals surface area contributed by atoms with Crippen molar-refractivity contribution in [1.29, 1.82) is 0 Å². The highest BCUT2D eigenvalue weighted by atomic mass is 16.6. The van der Waals surface area contributed by atoms with Gasteiger partial charge in [-0.1, -0.05) is 29.8 Å². The Morgan fingerprint density at radius 3 is 2.50 bits per heavy atom. The van der Waals surface area contributed by atoms with Gasteiger partial charge >= 0.3 is 0 Å². The van der Waals surface area contributed by atoms with Crippen molar-refractivity contribution in [1.82, 2.24) is 4.90 Å². The molecule has 0 aromatic heterocycles. The van der Waals surface area contributed by atoms with Crippen LogP contribution >= 0.6 is 0 Å². The third kappa shape index (κ3) is 5.97. The van der Waals surface area contributed by atoms with Crippen LogP contribution in [0.1, 0.15) is 12.5 Å². The Hall–Kier alpha value is -3.06. The van der Waals surface area contributed by atoms with Gasteiger partial charge in [-0.25, -0.2) is 0 Å². The zero-order valence-corrected chi connectivity index (χ0v) is 17.8. The summed E-state index contributed by atoms with van der Waals surface area (Å²) in [6, 6.07) is 15.2. The lowest BCUT2D eigenvalue weighted by molar-refractivity contribution is -0.862. The van der Waals surface area contributed by atoms with E-state index in [9.17, 15) is 9.59 Å². The van der Waals surface area contributed by atoms with Crippen LogP contribution in [-0.2, 0) is 9.59 Å². The van der Waals surface area contributed by atoms with Crippen LogP contribution in [-0.4, -0.2) is 62.7 Å². The average molecular weight is 413 g/mol. The zero-order chi connectivity index (χ0) is 21.5. The topological polar surface area (TPSA) is 72.3 Å². The molecule has 1 aliphatic rings. The van der Waals surface area contributed by atoms with Gasteiger partial charge in [0.1, 0.15) is 6.61 Å². The summed E-state index contributed by atoms with van der Waals surface area (Å²) in [6.07, 6.45) is -0.214. The number of aryl methyl sites for hydroxylation is 1. The van der Waals surface area contributed by atoms with Crippen LogP contribution in [0.2, 0.25) is 0 Å². The molecule has 2 amide bonds. The lowest BCUT2D eigenvalue weighted by Crippen LogP contribution is -3.11. The number of para-hydroxylation sites is 2. The van der Waals surface area contributed by atoms with Crippen LogP contribution < -0.4 is 19.7 Å². The third-order valence-electron chi connectivity index (χ3n) is 4.98. The number of fused-ring (bicyclic) bond motifs is 1. The molecule has 0 bridgehead atoms. The normalized spacial score (nSPS) is 15.9. The maximum Gasteiger partial charge on any atom is 0.279 e. The number of hydrogen-bond donors (Lipinski definition) is 2. The Labute approximate surface area is 177 Å². The van der Waals surface area contributed by atoms with E-state index in [4.69, 9.17) is 9.47 Å². The number of likely N-dealkylation sites (N-methyl/N-ethyl adjacent to an activating group) is 2. The van der Waals surface area contributed by atoms with Crippen LogP contribution in [0.25, 0.3) is 0 Å². The molecule has 0 aliphatic carbocycles. The van der Waals surface area contributed by atoms with Crippen LogP contribution in [0.3, 0.4) is 0 Å². The quantitative estimate of drug-likeness (QED) is 0.682. The Morgan fingerprint density at radius 2 is 1.80 bits per heavy atom. The summed E-state index contributed by atoms with van der Waals surface area (Å²) >= 11 is 0. The molecule has 0 fully saturated rings. The van der Waals surface area contributed by atoms with E-state index < -0.39 is 0 Å². The van der Waals surface area contributed by atoms with Crippen molar-refractivity contribution < 1.29 is 24.0 Å². The maximum absolute atomic E-state index is 12.8. The Balaban J connectivity index is 1.47. The van der Waals surface area contributed by atoms with Gasteiger partial charge in [0.2, 0.25) is 0 Å². The fourth-order valence-electron chi connectivity index (χ4n) is 3.35. The molecule has 2 atom stereocenters. The van der Waals surface area contributed by atoms with Gasteiger partial charge in [-0.2, -0.15) is 0 Å². The summed E-state index contributed by atoms with van der Waals surface area (Å²) in [5.41, 5.74) is 1.89. The minimum Gasteiger partial charge on any atom is -0.486 e. The number of benzene rings is 2. The first-order chi connectivity index (χ1) is 14.4. The molecule has 2 aromatic carbocycles. The van der Waals surface area contributed by atoms with Gasteiger partial charge < -0.3 is 24.6 Å². The van der Waals surface area contributed by atoms with Gasteiger partial charge in [-0.3, -0.25) is 9.59 Å². The highest BCUT2D eigenvalue weighted by molar-refractivity contribution is 5.91. The number of hydrogen-bond acceptors (Lipinski definition) is 4. The van der Waals surface area contributed by atoms with Crippen LogP contribution in [0.15, 0.2) is 48.5 Å². The third-order valence-corrected chi connectivity index (χ3v) is 4.98. The minimum absolute atomic E-state index is 0.0133. The van der Waals surface area contributed by atoms with E-state index in [-0.39, 0.29) is 31.0 Å². The van der Waals surface area contributed by atoms with Crippen molar-refractivity contribution in [2.24, 2.45) is 0 Å². The standard InChI is InChI=1S/C23H29N3O4/c1-4-26(13-19-16-29-20-7-5-6-8-21(20)30-19)23(28)15-25(3)14-22(27)24-18-11-9-17(2)10-12-18/h5-12,19H,4,13-16H2,1-3H3,(H,24,27)/p+1/t19-/m0/s1. The highest BCUT2D eigenvalue weighted by Gasteiger charge is 2.26. The summed E-state index contributed by atoms with van der Waals surface area (Å²) in [4.78, 5) is 27.6. The van der Waals surface area contributed by atoms with Crippen molar-refractivity contribution in [3.63, 3.8) is 0 Å². The minimum atomic E-state index is -0.214. The zero-order valence-electron chi connectivity index (χ0n) is 17.8. The smallest absolute Gasteiger partial charge is 0.279 e. The second kappa shape index (κ2) is 10.1. The second-order valence-electron chi connectivity index (χ2n) is 7.65. The Kier molecular flexibility index (Phi) is 7.30. The van der Waals surface area contributed by atoms with E-state index in [1.54, 1.807) is 4.90 Å². The highest BCUT2D eigenvalue weighted by Crippen LogP contribution is 2.30. The molecule has 7 heteroatoms. The Bertz CT molecular complexity index is 869. The number of carbonyl (C=O) groups is 2. The maximum atomic E-state index is 12.8. The lowest BCUT2D eigenvalue weighted by atomic mass is 10.2. The number of ether oxygens (including phenoxy) is 2. The lowest BCUT2D eigenvalue weighted by Gasteiger charge is -2.31. The summed E-state index contributed by atoms with van der Waals surface area (Å²) in [6.45, 7) is 5.82. The predicted octanol–water partition coefficient (Wildman–Crippen LogP) is 1.14. The van der Waals surface area contributed by atoms with Crippen LogP contribution in [0, 0.1) is 6.92 Å². The first-order valence-electron chi connectivity index (χ1n) is 10.3. The molecule has 2 aromatic rings. The van der Waals surface area contributed by atoms with Crippen molar-refractivity contribution >= 4 is 17.5 Å². The molecular weight excluding hydrogens is 382 g/mol. The second-order valence-corrected chi connectivity index (χ2v) is 7.65. The summed E-state index contributed by atoms with van der Waals surface area (Å²) in [5, 5.41) is 2.87. The molecule has 0 saturated heterocycles. The van der Waals surface area contributed by atoms with Gasteiger partial charge in [0.25, 0.3) is 11.8 Å². The van der Waals surface area contributed by atoms with Crippen molar-refractivity contribution in [3.05, 3.63) is 54.1 Å². The van der Waals surface area contributed by atoms with Crippen LogP contribution in [0.5, 0.6) is 11.5 Å². The number of carbonyl (C=O) groups excluding carboxylic acids is 2. The number of nitrogens with one attached hydrogen (secondary N) is 2. The molecule has 7 nitrogen and oxygen atoms in total. The van der Waals surface area contributed by atoms with Crippen molar-refractivity contribution in [2.75, 3.05) is 45.2 Å². The number of quaternary nitrogens is 1. The van der Waals surface area contributed by atoms with Gasteiger partial charge in [-0.05, 0) is 38.1 Å². The summed E-state index contributed by atoms with van der Waals surface area (Å²) in [7, 11) is 1.84. The predicted molar refractivity (Wildman–Crippen MR) is 115 cm³/mol. The Morgan fingerprint density at radius 1 is 1.10 bits per heavy atom. The number of amides is 2. The summed E-state index contributed by atoms with van der Waals surface area (Å²) < 4.78 is 11.7. The van der Waals surface area contributed by atoms with E-state index in [2.05, 4.69) is 5.32 Å². The molecule has 160 valence electrons. The molecule has 1 heterocycles. The molecule has 3 rings (SSSR count). The number of anilines is 1. The summed E-state index contributed by atoms with van der Waals surface area (Å²) in [5.74, 6) is 1.30. The van der Waals surface area contributed by atoms with E-state index in [0.717, 1.165) is 21.9 Å². The molecule has 0 radical (unpaired) electrons. The SMILES string of the molecule is CCN(C[C@H]1COc2ccccc2O1)C(=O)C[NH+](C)CC(=O)Nc1ccc(C)cc1. The largest absolute Gasteiger partial charge is 0.486 e. The fourth-order valence-corrected chi connectivity index (χ4v) is 3.35. The van der Waals surface area contributed by atoms with Crippen molar-refractivity contribution in [2.45, 2.75) is 20.0 Å². The van der Waals surface area contributed by atoms with E-state index in [1.165, 1.54) is 0 Å². The average Bonchev–Trinajstić information content (AvgIpc) is 2.73. The monoisotopic (exact) mass is 412 g/mol. The van der Waals surface area contributed by atoms with E-state index in [1.807, 2.05) is 69.4 Å². The molecule has 0 saturated carbocycles. The van der Waals surface area contributed by atoms with Gasteiger partial charge in [0.15, 0.2) is 30.7 Å². The molecule has 0 spiro atoms. The fraction of sp³-hybridized carbons (Fsp3) is 0.391.